The zero-order chi connectivity index (χ0) is 12.2. The molecule has 0 spiro atoms. The molecule has 0 aliphatic carbocycles. The minimum atomic E-state index is 0.560. The van der Waals surface area contributed by atoms with Crippen molar-refractivity contribution in [1.29, 1.82) is 0 Å². The van der Waals surface area contributed by atoms with Crippen LogP contribution in [0.15, 0.2) is 55.2 Å². The average molecular weight is 235 g/mol. The molecular weight excluding hydrogens is 226 g/mol. The molecule has 0 aromatic carbocycles. The van der Waals surface area contributed by atoms with Crippen molar-refractivity contribution in [1.82, 2.24) is 24.9 Å². The predicted octanol–water partition coefficient (Wildman–Crippen LogP) is 2.00. The summed E-state index contributed by atoms with van der Waals surface area (Å²) in [7, 11) is 0. The average Bonchev–Trinajstić information content (AvgIpc) is 2.49. The zero-order valence-corrected chi connectivity index (χ0v) is 9.43. The maximum atomic E-state index is 4.39. The molecule has 0 bridgehead atoms. The fourth-order valence-electron chi connectivity index (χ4n) is 1.55. The lowest BCUT2D eigenvalue weighted by atomic mass is 10.2. The predicted molar refractivity (Wildman–Crippen MR) is 66.3 cm³/mol. The van der Waals surface area contributed by atoms with Gasteiger partial charge in [-0.1, -0.05) is 6.07 Å². The monoisotopic (exact) mass is 235 g/mol. The van der Waals surface area contributed by atoms with Crippen LogP contribution in [0.3, 0.4) is 0 Å². The Labute approximate surface area is 104 Å². The Morgan fingerprint density at radius 1 is 0.778 bits per heavy atom. The lowest BCUT2D eigenvalue weighted by molar-refractivity contribution is 1.05. The highest BCUT2D eigenvalue weighted by Crippen LogP contribution is 2.15. The lowest BCUT2D eigenvalue weighted by Crippen LogP contribution is -1.96. The van der Waals surface area contributed by atoms with Crippen molar-refractivity contribution in [2.24, 2.45) is 0 Å². The molecule has 0 fully saturated rings. The Bertz CT molecular complexity index is 585. The summed E-state index contributed by atoms with van der Waals surface area (Å²) < 4.78 is 0. The van der Waals surface area contributed by atoms with Gasteiger partial charge in [0.2, 0.25) is 0 Å². The van der Waals surface area contributed by atoms with Crippen LogP contribution in [-0.2, 0) is 0 Å². The van der Waals surface area contributed by atoms with E-state index in [9.17, 15) is 0 Å². The first-order valence-electron chi connectivity index (χ1n) is 5.44. The molecule has 0 unspecified atom stereocenters. The van der Waals surface area contributed by atoms with Gasteiger partial charge in [0.15, 0.2) is 11.6 Å². The first-order chi connectivity index (χ1) is 8.93. The molecule has 3 rings (SSSR count). The summed E-state index contributed by atoms with van der Waals surface area (Å²) in [5, 5.41) is 0. The summed E-state index contributed by atoms with van der Waals surface area (Å²) in [6.07, 6.45) is 6.63. The van der Waals surface area contributed by atoms with Crippen molar-refractivity contribution in [3.8, 4) is 22.9 Å². The van der Waals surface area contributed by atoms with Gasteiger partial charge in [-0.15, -0.1) is 0 Å². The van der Waals surface area contributed by atoms with Crippen molar-refractivity contribution in [3.63, 3.8) is 0 Å². The molecule has 0 amide bonds. The smallest absolute Gasteiger partial charge is 0.181 e. The number of rotatable bonds is 2. The second kappa shape index (κ2) is 4.67. The first-order valence-corrected chi connectivity index (χ1v) is 5.44. The highest BCUT2D eigenvalue weighted by molar-refractivity contribution is 5.56. The molecule has 86 valence electrons. The fourth-order valence-corrected chi connectivity index (χ4v) is 1.55. The highest BCUT2D eigenvalue weighted by Gasteiger charge is 2.06. The third-order valence-electron chi connectivity index (χ3n) is 2.39. The molecule has 3 aromatic heterocycles. The van der Waals surface area contributed by atoms with Crippen molar-refractivity contribution >= 4 is 0 Å². The summed E-state index contributed by atoms with van der Waals surface area (Å²) in [4.78, 5) is 20.9. The van der Waals surface area contributed by atoms with E-state index in [1.54, 1.807) is 18.6 Å². The highest BCUT2D eigenvalue weighted by atomic mass is 15.0. The third kappa shape index (κ3) is 2.06. The van der Waals surface area contributed by atoms with Gasteiger partial charge in [0.05, 0.1) is 0 Å². The van der Waals surface area contributed by atoms with E-state index in [4.69, 9.17) is 0 Å². The lowest BCUT2D eigenvalue weighted by Gasteiger charge is -2.01. The Morgan fingerprint density at radius 2 is 1.72 bits per heavy atom. The SMILES string of the molecule is c1ccc(-c2ncnc(-c3cccnc3)n2)nc1. The maximum absolute atomic E-state index is 4.39. The summed E-state index contributed by atoms with van der Waals surface area (Å²) in [5.41, 5.74) is 1.59. The largest absolute Gasteiger partial charge is 0.264 e. The molecule has 0 saturated carbocycles. The summed E-state index contributed by atoms with van der Waals surface area (Å²) in [5.74, 6) is 1.16. The van der Waals surface area contributed by atoms with Gasteiger partial charge < -0.3 is 0 Å². The van der Waals surface area contributed by atoms with Crippen LogP contribution in [-0.4, -0.2) is 24.9 Å². The minimum Gasteiger partial charge on any atom is -0.264 e. The van der Waals surface area contributed by atoms with Crippen molar-refractivity contribution in [2.45, 2.75) is 0 Å². The van der Waals surface area contributed by atoms with E-state index in [1.807, 2.05) is 30.3 Å². The molecule has 0 N–H and O–H groups in total. The van der Waals surface area contributed by atoms with Gasteiger partial charge in [0.1, 0.15) is 12.0 Å². The van der Waals surface area contributed by atoms with Crippen LogP contribution in [0.5, 0.6) is 0 Å². The molecule has 0 saturated heterocycles. The van der Waals surface area contributed by atoms with Gasteiger partial charge in [-0.3, -0.25) is 9.97 Å². The molecular formula is C13H9N5. The van der Waals surface area contributed by atoms with Crippen LogP contribution in [0.4, 0.5) is 0 Å². The van der Waals surface area contributed by atoms with Crippen molar-refractivity contribution in [2.75, 3.05) is 0 Å². The van der Waals surface area contributed by atoms with E-state index in [0.717, 1.165) is 11.3 Å². The van der Waals surface area contributed by atoms with E-state index in [-0.39, 0.29) is 0 Å². The standard InChI is InChI=1S/C13H9N5/c1-2-7-15-11(5-1)13-17-9-16-12(18-13)10-4-3-6-14-8-10/h1-9H. The van der Waals surface area contributed by atoms with Crippen LogP contribution in [0.25, 0.3) is 22.9 Å². The topological polar surface area (TPSA) is 64.5 Å². The van der Waals surface area contributed by atoms with E-state index < -0.39 is 0 Å². The summed E-state index contributed by atoms with van der Waals surface area (Å²) in [6.45, 7) is 0. The summed E-state index contributed by atoms with van der Waals surface area (Å²) >= 11 is 0. The number of hydrogen-bond donors (Lipinski definition) is 0. The van der Waals surface area contributed by atoms with E-state index >= 15 is 0 Å². The minimum absolute atomic E-state index is 0.560. The zero-order valence-electron chi connectivity index (χ0n) is 9.43. The Hall–Kier alpha value is -2.69. The van der Waals surface area contributed by atoms with E-state index in [1.165, 1.54) is 6.33 Å². The molecule has 5 nitrogen and oxygen atoms in total. The van der Waals surface area contributed by atoms with Crippen molar-refractivity contribution in [3.05, 3.63) is 55.2 Å². The van der Waals surface area contributed by atoms with E-state index in [2.05, 4.69) is 24.9 Å². The van der Waals surface area contributed by atoms with Crippen LogP contribution >= 0.6 is 0 Å². The number of pyridine rings is 2. The van der Waals surface area contributed by atoms with Crippen LogP contribution < -0.4 is 0 Å². The third-order valence-corrected chi connectivity index (χ3v) is 2.39. The van der Waals surface area contributed by atoms with Crippen LogP contribution in [0, 0.1) is 0 Å². The summed E-state index contributed by atoms with van der Waals surface area (Å²) in [6, 6.07) is 9.37. The van der Waals surface area contributed by atoms with Gasteiger partial charge in [0.25, 0.3) is 0 Å². The van der Waals surface area contributed by atoms with Gasteiger partial charge >= 0.3 is 0 Å². The van der Waals surface area contributed by atoms with E-state index in [0.29, 0.717) is 11.6 Å². The fraction of sp³-hybridized carbons (Fsp3) is 0. The van der Waals surface area contributed by atoms with Gasteiger partial charge in [0, 0.05) is 24.2 Å². The normalized spacial score (nSPS) is 10.2. The van der Waals surface area contributed by atoms with Crippen molar-refractivity contribution < 1.29 is 0 Å². The van der Waals surface area contributed by atoms with Gasteiger partial charge in [-0.25, -0.2) is 15.0 Å². The van der Waals surface area contributed by atoms with Gasteiger partial charge in [-0.05, 0) is 24.3 Å². The Balaban J connectivity index is 2.05. The Kier molecular flexibility index (Phi) is 2.71. The van der Waals surface area contributed by atoms with Crippen LogP contribution in [0.1, 0.15) is 0 Å². The van der Waals surface area contributed by atoms with Gasteiger partial charge in [-0.2, -0.15) is 0 Å². The second-order valence-electron chi connectivity index (χ2n) is 3.59. The Morgan fingerprint density at radius 3 is 2.50 bits per heavy atom. The molecule has 18 heavy (non-hydrogen) atoms. The van der Waals surface area contributed by atoms with Crippen LogP contribution in [0.2, 0.25) is 0 Å². The number of nitrogens with zero attached hydrogens (tertiary/aromatic N) is 5. The molecule has 5 heteroatoms. The molecule has 0 aliphatic rings. The molecule has 3 heterocycles. The molecule has 0 radical (unpaired) electrons. The second-order valence-corrected chi connectivity index (χ2v) is 3.59. The number of aromatic nitrogens is 5. The molecule has 3 aromatic rings. The molecule has 0 aliphatic heterocycles. The number of hydrogen-bond acceptors (Lipinski definition) is 5. The maximum Gasteiger partial charge on any atom is 0.181 e. The molecule has 0 atom stereocenters. The quantitative estimate of drug-likeness (QED) is 0.679. The first kappa shape index (κ1) is 10.5.